The van der Waals surface area contributed by atoms with E-state index in [-0.39, 0.29) is 11.3 Å². The molecule has 0 aromatic carbocycles. The predicted molar refractivity (Wildman–Crippen MR) is 37.6 cm³/mol. The summed E-state index contributed by atoms with van der Waals surface area (Å²) in [6, 6.07) is 0. The smallest absolute Gasteiger partial charge is 0.285 e. The van der Waals surface area contributed by atoms with Gasteiger partial charge in [-0.05, 0) is 0 Å². The second-order valence-corrected chi connectivity index (χ2v) is 1.76. The third-order valence-corrected chi connectivity index (χ3v) is 1.08. The van der Waals surface area contributed by atoms with Crippen molar-refractivity contribution < 1.29 is 14.6 Å². The molecular weight excluding hydrogens is 149 g/mol. The topological polar surface area (TPSA) is 84.9 Å². The molecule has 1 aliphatic rings. The van der Waals surface area contributed by atoms with E-state index < -0.39 is 5.91 Å². The lowest BCUT2D eigenvalue weighted by Gasteiger charge is -1.95. The fraction of sp³-hybridized carbons (Fsp3) is 0. The van der Waals surface area contributed by atoms with Gasteiger partial charge in [-0.15, -0.1) is 0 Å². The Bertz CT molecular complexity index is 261. The van der Waals surface area contributed by atoms with E-state index in [0.717, 1.165) is 18.9 Å². The van der Waals surface area contributed by atoms with Gasteiger partial charge in [0, 0.05) is 6.20 Å². The zero-order valence-electron chi connectivity index (χ0n) is 5.52. The molecule has 1 aliphatic heterocycles. The number of aliphatic hydroxyl groups excluding tert-OH is 1. The number of nitrogens with two attached hydrogens (primary N) is 1. The number of aliphatic imine (C=N–C) groups is 1. The van der Waals surface area contributed by atoms with Crippen LogP contribution in [0.1, 0.15) is 0 Å². The van der Waals surface area contributed by atoms with Gasteiger partial charge in [-0.3, -0.25) is 4.79 Å². The first-order valence-electron chi connectivity index (χ1n) is 2.79. The van der Waals surface area contributed by atoms with Crippen molar-refractivity contribution in [3.05, 3.63) is 23.8 Å². The lowest BCUT2D eigenvalue weighted by atomic mass is 10.2. The normalized spacial score (nSPS) is 20.9. The van der Waals surface area contributed by atoms with E-state index in [1.807, 2.05) is 0 Å². The van der Waals surface area contributed by atoms with Crippen molar-refractivity contribution in [2.75, 3.05) is 0 Å². The molecule has 1 amide bonds. The van der Waals surface area contributed by atoms with Gasteiger partial charge in [-0.2, -0.15) is 4.99 Å². The molecule has 0 aromatic heterocycles. The molecule has 0 fully saturated rings. The quantitative estimate of drug-likeness (QED) is 0.375. The van der Waals surface area contributed by atoms with Gasteiger partial charge < -0.3 is 15.6 Å². The number of carbonyl (C=O) groups excluding carboxylic acids is 1. The van der Waals surface area contributed by atoms with Crippen LogP contribution in [0, 0.1) is 0 Å². The molecule has 0 radical (unpaired) electrons. The SMILES string of the molecule is NC=C1C(=O)N=[13CH]OC=C1O. The first-order valence-corrected chi connectivity index (χ1v) is 2.79. The largest absolute Gasteiger partial charge is 0.504 e. The van der Waals surface area contributed by atoms with Crippen molar-refractivity contribution in [2.45, 2.75) is 0 Å². The zero-order valence-corrected chi connectivity index (χ0v) is 5.52. The highest BCUT2D eigenvalue weighted by Gasteiger charge is 2.14. The van der Waals surface area contributed by atoms with Crippen molar-refractivity contribution in [2.24, 2.45) is 10.7 Å². The fourth-order valence-electron chi connectivity index (χ4n) is 0.572. The van der Waals surface area contributed by atoms with Crippen LogP contribution < -0.4 is 5.73 Å². The molecule has 1 heterocycles. The fourth-order valence-corrected chi connectivity index (χ4v) is 0.572. The highest BCUT2D eigenvalue weighted by atomic mass is 16.5. The average molecular weight is 155 g/mol. The second kappa shape index (κ2) is 2.87. The molecule has 0 bridgehead atoms. The molecule has 0 unspecified atom stereocenters. The van der Waals surface area contributed by atoms with Crippen molar-refractivity contribution in [1.29, 1.82) is 0 Å². The molecule has 0 aromatic rings. The molecule has 0 atom stereocenters. The third-order valence-electron chi connectivity index (χ3n) is 1.08. The van der Waals surface area contributed by atoms with Crippen LogP contribution in [0.2, 0.25) is 0 Å². The third kappa shape index (κ3) is 1.37. The van der Waals surface area contributed by atoms with Crippen molar-refractivity contribution in [1.82, 2.24) is 0 Å². The van der Waals surface area contributed by atoms with E-state index in [1.54, 1.807) is 0 Å². The van der Waals surface area contributed by atoms with Crippen LogP contribution >= 0.6 is 0 Å². The van der Waals surface area contributed by atoms with E-state index >= 15 is 0 Å². The summed E-state index contributed by atoms with van der Waals surface area (Å²) in [5.41, 5.74) is 4.97. The highest BCUT2D eigenvalue weighted by Crippen LogP contribution is 2.09. The minimum atomic E-state index is -0.626. The van der Waals surface area contributed by atoms with Crippen LogP contribution in [0.3, 0.4) is 0 Å². The number of nitrogens with zero attached hydrogens (tertiary/aromatic N) is 1. The summed E-state index contributed by atoms with van der Waals surface area (Å²) in [6.07, 6.45) is 2.88. The maximum absolute atomic E-state index is 10.8. The van der Waals surface area contributed by atoms with Crippen LogP contribution in [-0.2, 0) is 9.53 Å². The number of hydrogen-bond acceptors (Lipinski definition) is 4. The monoisotopic (exact) mass is 155 g/mol. The first-order chi connectivity index (χ1) is 5.25. The van der Waals surface area contributed by atoms with Gasteiger partial charge in [-0.1, -0.05) is 0 Å². The van der Waals surface area contributed by atoms with Crippen molar-refractivity contribution in [3.8, 4) is 0 Å². The van der Waals surface area contributed by atoms with Gasteiger partial charge >= 0.3 is 0 Å². The van der Waals surface area contributed by atoms with E-state index in [4.69, 9.17) is 10.8 Å². The van der Waals surface area contributed by atoms with E-state index in [1.165, 1.54) is 0 Å². The molecule has 5 heteroatoms. The van der Waals surface area contributed by atoms with Crippen molar-refractivity contribution >= 4 is 12.3 Å². The van der Waals surface area contributed by atoms with E-state index in [0.29, 0.717) is 0 Å². The Morgan fingerprint density at radius 1 is 1.73 bits per heavy atom. The molecule has 0 saturated carbocycles. The van der Waals surface area contributed by atoms with Gasteiger partial charge in [0.1, 0.15) is 11.8 Å². The van der Waals surface area contributed by atoms with E-state index in [9.17, 15) is 4.79 Å². The summed E-state index contributed by atoms with van der Waals surface area (Å²) >= 11 is 0. The predicted octanol–water partition coefficient (Wildman–Crippen LogP) is -0.186. The molecule has 0 spiro atoms. The number of rotatable bonds is 0. The summed E-state index contributed by atoms with van der Waals surface area (Å²) in [5, 5.41) is 9.01. The number of carbonyl (C=O) groups is 1. The maximum atomic E-state index is 10.8. The summed E-state index contributed by atoms with van der Waals surface area (Å²) in [6.45, 7) is 0. The average Bonchev–Trinajstić information content (AvgIpc) is 2.12. The highest BCUT2D eigenvalue weighted by molar-refractivity contribution is 6.01. The van der Waals surface area contributed by atoms with Crippen LogP contribution in [0.4, 0.5) is 0 Å². The maximum Gasteiger partial charge on any atom is 0.285 e. The summed E-state index contributed by atoms with van der Waals surface area (Å²) in [7, 11) is 0. The van der Waals surface area contributed by atoms with Crippen LogP contribution in [0.5, 0.6) is 0 Å². The molecule has 1 rings (SSSR count). The zero-order chi connectivity index (χ0) is 8.27. The molecule has 0 aliphatic carbocycles. The Morgan fingerprint density at radius 3 is 3.09 bits per heavy atom. The van der Waals surface area contributed by atoms with Gasteiger partial charge in [0.05, 0.1) is 0 Å². The van der Waals surface area contributed by atoms with Crippen LogP contribution in [-0.4, -0.2) is 17.4 Å². The van der Waals surface area contributed by atoms with Crippen LogP contribution in [0.25, 0.3) is 0 Å². The number of ether oxygens (including phenoxy) is 1. The Kier molecular flexibility index (Phi) is 1.91. The van der Waals surface area contributed by atoms with Gasteiger partial charge in [0.15, 0.2) is 12.2 Å². The lowest BCUT2D eigenvalue weighted by Crippen LogP contribution is -2.03. The standard InChI is InChI=1S/C6H6N2O3/c7-1-4-5(9)2-11-3-8-6(4)10/h1-3,9H,7H2/i3+1. The summed E-state index contributed by atoms with van der Waals surface area (Å²) in [5.74, 6) is -0.950. The molecular formula is C6H6N2O3. The minimum Gasteiger partial charge on any atom is -0.504 e. The molecule has 11 heavy (non-hydrogen) atoms. The second-order valence-electron chi connectivity index (χ2n) is 1.76. The summed E-state index contributed by atoms with van der Waals surface area (Å²) in [4.78, 5) is 14.1. The molecule has 0 saturated heterocycles. The number of amides is 1. The Morgan fingerprint density at radius 2 is 2.45 bits per heavy atom. The minimum absolute atomic E-state index is 0.0706. The van der Waals surface area contributed by atoms with Crippen molar-refractivity contribution in [3.63, 3.8) is 0 Å². The van der Waals surface area contributed by atoms with Gasteiger partial charge in [0.25, 0.3) is 5.91 Å². The summed E-state index contributed by atoms with van der Waals surface area (Å²) < 4.78 is 4.49. The first kappa shape index (κ1) is 7.33. The van der Waals surface area contributed by atoms with Crippen LogP contribution in [0.15, 0.2) is 28.8 Å². The molecule has 3 N–H and O–H groups in total. The van der Waals surface area contributed by atoms with Gasteiger partial charge in [-0.25, -0.2) is 0 Å². The number of aliphatic hydroxyl groups is 1. The Hall–Kier alpha value is -1.78. The van der Waals surface area contributed by atoms with Gasteiger partial charge in [0.2, 0.25) is 0 Å². The Labute approximate surface area is 62.5 Å². The lowest BCUT2D eigenvalue weighted by molar-refractivity contribution is -0.114. The number of hydrogen-bond donors (Lipinski definition) is 2. The molecule has 58 valence electrons. The molecule has 5 nitrogen and oxygen atoms in total. The van der Waals surface area contributed by atoms with E-state index in [2.05, 4.69) is 9.73 Å². The Balaban J connectivity index is 3.04.